The first-order valence-electron chi connectivity index (χ1n) is 6.18. The van der Waals surface area contributed by atoms with Crippen LogP contribution in [-0.4, -0.2) is 36.7 Å². The molecule has 3 N–H and O–H groups in total. The van der Waals surface area contributed by atoms with Crippen LogP contribution in [-0.2, 0) is 6.42 Å². The van der Waals surface area contributed by atoms with Crippen LogP contribution in [0.15, 0.2) is 29.1 Å². The number of nitrogens with zero attached hydrogens (tertiary/aromatic N) is 3. The largest absolute Gasteiger partial charge is 0.397 e. The smallest absolute Gasteiger partial charge is 0.251 e. The highest BCUT2D eigenvalue weighted by molar-refractivity contribution is 5.96. The fraction of sp³-hybridized carbons (Fsp3) is 0.308. The lowest BCUT2D eigenvalue weighted by atomic mass is 10.1. The average Bonchev–Trinajstić information content (AvgIpc) is 2.91. The van der Waals surface area contributed by atoms with Gasteiger partial charge in [0, 0.05) is 32.6 Å². The molecule has 1 aromatic carbocycles. The van der Waals surface area contributed by atoms with Crippen molar-refractivity contribution in [3.05, 3.63) is 36.0 Å². The van der Waals surface area contributed by atoms with Crippen LogP contribution in [0, 0.1) is 0 Å². The molecule has 7 nitrogen and oxygen atoms in total. The van der Waals surface area contributed by atoms with Crippen LogP contribution in [0.4, 0.5) is 11.4 Å². The van der Waals surface area contributed by atoms with E-state index in [1.165, 1.54) is 6.39 Å². The summed E-state index contributed by atoms with van der Waals surface area (Å²) in [5, 5.41) is 6.45. The van der Waals surface area contributed by atoms with Crippen molar-refractivity contribution in [3.63, 3.8) is 0 Å². The number of rotatable bonds is 5. The molecule has 0 bridgehead atoms. The standard InChI is InChI=1S/C13H17N5O2/c1-18(2)11-4-3-9(7-10(11)14)13(19)15-6-5-12-16-8-20-17-12/h3-4,7-8H,5-6,14H2,1-2H3,(H,15,19). The fourth-order valence-electron chi connectivity index (χ4n) is 1.80. The van der Waals surface area contributed by atoms with Gasteiger partial charge >= 0.3 is 0 Å². The maximum Gasteiger partial charge on any atom is 0.251 e. The lowest BCUT2D eigenvalue weighted by molar-refractivity contribution is 0.0954. The van der Waals surface area contributed by atoms with E-state index >= 15 is 0 Å². The van der Waals surface area contributed by atoms with Crippen LogP contribution in [0.3, 0.4) is 0 Å². The molecule has 0 aliphatic heterocycles. The Morgan fingerprint density at radius 3 is 2.85 bits per heavy atom. The second kappa shape index (κ2) is 6.05. The molecule has 0 fully saturated rings. The van der Waals surface area contributed by atoms with Gasteiger partial charge in [0.05, 0.1) is 11.4 Å². The fourth-order valence-corrected chi connectivity index (χ4v) is 1.80. The Labute approximate surface area is 116 Å². The molecule has 2 aromatic rings. The van der Waals surface area contributed by atoms with Gasteiger partial charge in [-0.1, -0.05) is 5.16 Å². The maximum absolute atomic E-state index is 12.0. The zero-order valence-electron chi connectivity index (χ0n) is 11.5. The zero-order valence-corrected chi connectivity index (χ0v) is 11.5. The number of aromatic nitrogens is 2. The van der Waals surface area contributed by atoms with E-state index in [1.807, 2.05) is 25.1 Å². The minimum Gasteiger partial charge on any atom is -0.397 e. The van der Waals surface area contributed by atoms with Crippen molar-refractivity contribution in [2.24, 2.45) is 0 Å². The van der Waals surface area contributed by atoms with Gasteiger partial charge in [0.25, 0.3) is 5.91 Å². The summed E-state index contributed by atoms with van der Waals surface area (Å²) in [5.74, 6) is 0.387. The van der Waals surface area contributed by atoms with Gasteiger partial charge in [0.1, 0.15) is 0 Å². The summed E-state index contributed by atoms with van der Waals surface area (Å²) in [6.07, 6.45) is 1.78. The van der Waals surface area contributed by atoms with Crippen LogP contribution in [0.1, 0.15) is 16.2 Å². The van der Waals surface area contributed by atoms with Crippen molar-refractivity contribution >= 4 is 17.3 Å². The van der Waals surface area contributed by atoms with Gasteiger partial charge in [-0.25, -0.2) is 0 Å². The van der Waals surface area contributed by atoms with Gasteiger partial charge < -0.3 is 20.5 Å². The summed E-state index contributed by atoms with van der Waals surface area (Å²) in [6.45, 7) is 0.438. The molecule has 0 unspecified atom stereocenters. The minimum atomic E-state index is -0.175. The first kappa shape index (κ1) is 13.9. The highest BCUT2D eigenvalue weighted by Gasteiger charge is 2.09. The van der Waals surface area contributed by atoms with Crippen LogP contribution < -0.4 is 16.0 Å². The number of nitrogen functional groups attached to an aromatic ring is 1. The molecule has 0 radical (unpaired) electrons. The second-order valence-electron chi connectivity index (χ2n) is 4.52. The number of nitrogens with two attached hydrogens (primary N) is 1. The molecule has 7 heteroatoms. The van der Waals surface area contributed by atoms with E-state index in [0.717, 1.165) is 5.69 Å². The number of anilines is 2. The van der Waals surface area contributed by atoms with Gasteiger partial charge in [-0.3, -0.25) is 4.79 Å². The summed E-state index contributed by atoms with van der Waals surface area (Å²) in [6, 6.07) is 5.23. The van der Waals surface area contributed by atoms with Crippen molar-refractivity contribution in [1.29, 1.82) is 0 Å². The van der Waals surface area contributed by atoms with Crippen LogP contribution in [0.25, 0.3) is 0 Å². The Hall–Kier alpha value is -2.57. The van der Waals surface area contributed by atoms with Gasteiger partial charge in [0.15, 0.2) is 5.82 Å². The summed E-state index contributed by atoms with van der Waals surface area (Å²) >= 11 is 0. The van der Waals surface area contributed by atoms with Gasteiger partial charge in [-0.15, -0.1) is 0 Å². The Bertz CT molecular complexity index is 580. The minimum absolute atomic E-state index is 0.175. The van der Waals surface area contributed by atoms with Gasteiger partial charge in [0.2, 0.25) is 6.39 Å². The van der Waals surface area contributed by atoms with Crippen LogP contribution in [0.5, 0.6) is 0 Å². The third-order valence-corrected chi connectivity index (χ3v) is 2.81. The third kappa shape index (κ3) is 3.25. The van der Waals surface area contributed by atoms with Crippen molar-refractivity contribution in [2.45, 2.75) is 6.42 Å². The second-order valence-corrected chi connectivity index (χ2v) is 4.52. The number of amides is 1. The summed E-state index contributed by atoms with van der Waals surface area (Å²) in [5.41, 5.74) is 7.89. The molecule has 0 aliphatic carbocycles. The lowest BCUT2D eigenvalue weighted by Gasteiger charge is -2.15. The van der Waals surface area contributed by atoms with Crippen LogP contribution in [0.2, 0.25) is 0 Å². The monoisotopic (exact) mass is 275 g/mol. The summed E-state index contributed by atoms with van der Waals surface area (Å²) in [4.78, 5) is 17.7. The average molecular weight is 275 g/mol. The number of nitrogens with one attached hydrogen (secondary N) is 1. The van der Waals surface area contributed by atoms with E-state index in [9.17, 15) is 4.79 Å². The molecular formula is C13H17N5O2. The molecule has 106 valence electrons. The molecule has 0 aliphatic rings. The SMILES string of the molecule is CN(C)c1ccc(C(=O)NCCc2ncon2)cc1N. The molecular weight excluding hydrogens is 258 g/mol. The molecule has 1 heterocycles. The topological polar surface area (TPSA) is 97.3 Å². The molecule has 0 atom stereocenters. The van der Waals surface area contributed by atoms with Gasteiger partial charge in [-0.2, -0.15) is 4.98 Å². The predicted octanol–water partition coefficient (Wildman–Crippen LogP) is 0.690. The first-order valence-corrected chi connectivity index (χ1v) is 6.18. The summed E-state index contributed by atoms with van der Waals surface area (Å²) in [7, 11) is 3.80. The molecule has 0 spiro atoms. The number of carbonyl (C=O) groups is 1. The molecule has 20 heavy (non-hydrogen) atoms. The highest BCUT2D eigenvalue weighted by Crippen LogP contribution is 2.22. The lowest BCUT2D eigenvalue weighted by Crippen LogP contribution is -2.26. The number of benzene rings is 1. The van der Waals surface area contributed by atoms with Crippen LogP contribution >= 0.6 is 0 Å². The normalized spacial score (nSPS) is 10.3. The summed E-state index contributed by atoms with van der Waals surface area (Å²) < 4.78 is 4.61. The molecule has 0 saturated heterocycles. The van der Waals surface area contributed by atoms with E-state index in [-0.39, 0.29) is 5.91 Å². The van der Waals surface area contributed by atoms with Crippen molar-refractivity contribution in [2.75, 3.05) is 31.3 Å². The third-order valence-electron chi connectivity index (χ3n) is 2.81. The predicted molar refractivity (Wildman–Crippen MR) is 75.5 cm³/mol. The molecule has 1 aromatic heterocycles. The molecule has 1 amide bonds. The van der Waals surface area contributed by atoms with Crippen molar-refractivity contribution in [3.8, 4) is 0 Å². The van der Waals surface area contributed by atoms with E-state index in [2.05, 4.69) is 20.0 Å². The highest BCUT2D eigenvalue weighted by atomic mass is 16.5. The zero-order chi connectivity index (χ0) is 14.5. The first-order chi connectivity index (χ1) is 9.58. The Balaban J connectivity index is 1.94. The van der Waals surface area contributed by atoms with Gasteiger partial charge in [-0.05, 0) is 18.2 Å². The number of carbonyl (C=O) groups excluding carboxylic acids is 1. The van der Waals surface area contributed by atoms with E-state index in [0.29, 0.717) is 30.0 Å². The van der Waals surface area contributed by atoms with E-state index < -0.39 is 0 Å². The van der Waals surface area contributed by atoms with E-state index in [1.54, 1.807) is 12.1 Å². The quantitative estimate of drug-likeness (QED) is 0.779. The Morgan fingerprint density at radius 1 is 1.45 bits per heavy atom. The maximum atomic E-state index is 12.0. The molecule has 2 rings (SSSR count). The number of hydrogen-bond acceptors (Lipinski definition) is 6. The molecule has 0 saturated carbocycles. The Kier molecular flexibility index (Phi) is 4.19. The van der Waals surface area contributed by atoms with Crippen molar-refractivity contribution < 1.29 is 9.32 Å². The van der Waals surface area contributed by atoms with Crippen molar-refractivity contribution in [1.82, 2.24) is 15.5 Å². The van der Waals surface area contributed by atoms with E-state index in [4.69, 9.17) is 5.73 Å². The Morgan fingerprint density at radius 2 is 2.25 bits per heavy atom. The number of hydrogen-bond donors (Lipinski definition) is 2.